The molecule has 0 radical (unpaired) electrons. The maximum Gasteiger partial charge on any atom is 0.255 e. The number of nitrogens with one attached hydrogen (secondary N) is 1. The largest absolute Gasteiger partial charge is 0.383 e. The van der Waals surface area contributed by atoms with Crippen LogP contribution in [0.15, 0.2) is 36.5 Å². The molecule has 0 bridgehead atoms. The van der Waals surface area contributed by atoms with E-state index in [1.807, 2.05) is 31.2 Å². The lowest BCUT2D eigenvalue weighted by Gasteiger charge is -2.09. The van der Waals surface area contributed by atoms with Crippen LogP contribution in [0.2, 0.25) is 0 Å². The van der Waals surface area contributed by atoms with E-state index in [1.165, 1.54) is 0 Å². The zero-order chi connectivity index (χ0) is 13.8. The van der Waals surface area contributed by atoms with E-state index in [0.29, 0.717) is 6.54 Å². The number of pyridine rings is 1. The molecule has 0 atom stereocenters. The average molecular weight is 259 g/mol. The Balaban J connectivity index is 2.10. The number of halogens is 1. The third-order valence-corrected chi connectivity index (χ3v) is 2.83. The first kappa shape index (κ1) is 13.0. The molecule has 98 valence electrons. The van der Waals surface area contributed by atoms with Crippen LogP contribution in [0.3, 0.4) is 0 Å². The molecule has 1 aromatic carbocycles. The molecular weight excluding hydrogens is 245 g/mol. The minimum atomic E-state index is -0.588. The van der Waals surface area contributed by atoms with Gasteiger partial charge < -0.3 is 11.1 Å². The summed E-state index contributed by atoms with van der Waals surface area (Å²) in [6.07, 6.45) is 0.980. The molecule has 0 aliphatic carbocycles. The number of nitrogens with two attached hydrogens (primary N) is 1. The second-order valence-electron chi connectivity index (χ2n) is 4.20. The molecular formula is C14H14FN3O. The van der Waals surface area contributed by atoms with Crippen molar-refractivity contribution in [1.82, 2.24) is 10.3 Å². The molecule has 0 aliphatic rings. The number of carbonyl (C=O) groups is 1. The van der Waals surface area contributed by atoms with Gasteiger partial charge in [0.05, 0.1) is 11.8 Å². The Labute approximate surface area is 110 Å². The summed E-state index contributed by atoms with van der Waals surface area (Å²) in [5.74, 6) is -1.01. The Morgan fingerprint density at radius 3 is 2.89 bits per heavy atom. The Morgan fingerprint density at radius 2 is 2.16 bits per heavy atom. The molecule has 1 aromatic heterocycles. The molecule has 0 fully saturated rings. The Morgan fingerprint density at radius 1 is 1.42 bits per heavy atom. The first-order valence-electron chi connectivity index (χ1n) is 5.81. The van der Waals surface area contributed by atoms with Gasteiger partial charge in [0.15, 0.2) is 0 Å². The van der Waals surface area contributed by atoms with Gasteiger partial charge in [-0.25, -0.2) is 9.37 Å². The van der Waals surface area contributed by atoms with Gasteiger partial charge in [-0.05, 0) is 24.1 Å². The summed E-state index contributed by atoms with van der Waals surface area (Å²) in [4.78, 5) is 15.5. The monoisotopic (exact) mass is 259 g/mol. The molecule has 0 spiro atoms. The fourth-order valence-electron chi connectivity index (χ4n) is 1.71. The zero-order valence-electron chi connectivity index (χ0n) is 10.5. The van der Waals surface area contributed by atoms with Crippen LogP contribution in [0.4, 0.5) is 10.2 Å². The summed E-state index contributed by atoms with van der Waals surface area (Å²) < 4.78 is 13.0. The van der Waals surface area contributed by atoms with Crippen molar-refractivity contribution >= 4 is 11.7 Å². The van der Waals surface area contributed by atoms with Crippen LogP contribution in [0.25, 0.3) is 0 Å². The average Bonchev–Trinajstić information content (AvgIpc) is 2.40. The molecule has 1 heterocycles. The highest BCUT2D eigenvalue weighted by Gasteiger charge is 2.12. The van der Waals surface area contributed by atoms with Gasteiger partial charge in [-0.15, -0.1) is 0 Å². The number of benzene rings is 1. The summed E-state index contributed by atoms with van der Waals surface area (Å²) in [6, 6.07) is 8.78. The van der Waals surface area contributed by atoms with Crippen molar-refractivity contribution in [2.45, 2.75) is 13.5 Å². The molecule has 2 rings (SSSR count). The number of hydrogen-bond donors (Lipinski definition) is 2. The zero-order valence-corrected chi connectivity index (χ0v) is 10.5. The molecule has 0 aliphatic heterocycles. The molecule has 4 nitrogen and oxygen atoms in total. The number of hydrogen-bond acceptors (Lipinski definition) is 3. The van der Waals surface area contributed by atoms with Crippen molar-refractivity contribution in [3.05, 3.63) is 59.0 Å². The maximum atomic E-state index is 13.0. The van der Waals surface area contributed by atoms with Gasteiger partial charge in [-0.2, -0.15) is 0 Å². The van der Waals surface area contributed by atoms with Gasteiger partial charge in [0.2, 0.25) is 0 Å². The number of anilines is 1. The van der Waals surface area contributed by atoms with E-state index in [0.717, 1.165) is 23.4 Å². The van der Waals surface area contributed by atoms with Gasteiger partial charge >= 0.3 is 0 Å². The number of aryl methyl sites for hydroxylation is 1. The van der Waals surface area contributed by atoms with Crippen molar-refractivity contribution in [3.8, 4) is 0 Å². The number of nitrogen functional groups attached to an aromatic ring is 1. The quantitative estimate of drug-likeness (QED) is 0.886. The highest BCUT2D eigenvalue weighted by molar-refractivity contribution is 5.98. The second kappa shape index (κ2) is 5.48. The van der Waals surface area contributed by atoms with Crippen molar-refractivity contribution in [2.75, 3.05) is 5.73 Å². The molecule has 0 saturated heterocycles. The number of amides is 1. The van der Waals surface area contributed by atoms with Crippen molar-refractivity contribution < 1.29 is 9.18 Å². The fraction of sp³-hybridized carbons (Fsp3) is 0.143. The smallest absolute Gasteiger partial charge is 0.255 e. The van der Waals surface area contributed by atoms with Gasteiger partial charge in [-0.1, -0.05) is 24.3 Å². The van der Waals surface area contributed by atoms with Gasteiger partial charge in [0, 0.05) is 6.54 Å². The van der Waals surface area contributed by atoms with Crippen LogP contribution >= 0.6 is 0 Å². The van der Waals surface area contributed by atoms with Gasteiger partial charge in [0.1, 0.15) is 11.6 Å². The minimum Gasteiger partial charge on any atom is -0.383 e. The third kappa shape index (κ3) is 3.07. The molecule has 0 unspecified atom stereocenters. The van der Waals surface area contributed by atoms with E-state index < -0.39 is 11.7 Å². The standard InChI is InChI=1S/C14H14FN3O/c1-9-4-2-3-5-10(9)7-18-14(19)12-6-11(15)8-17-13(12)16/h2-6,8H,7H2,1H3,(H2,16,17)(H,18,19). The van der Waals surface area contributed by atoms with Crippen LogP contribution < -0.4 is 11.1 Å². The van der Waals surface area contributed by atoms with E-state index in [1.54, 1.807) is 0 Å². The van der Waals surface area contributed by atoms with E-state index in [-0.39, 0.29) is 11.4 Å². The number of aromatic nitrogens is 1. The second-order valence-corrected chi connectivity index (χ2v) is 4.20. The molecule has 3 N–H and O–H groups in total. The molecule has 2 aromatic rings. The predicted octanol–water partition coefficient (Wildman–Crippen LogP) is 2.04. The molecule has 5 heteroatoms. The number of carbonyl (C=O) groups excluding carboxylic acids is 1. The van der Waals surface area contributed by atoms with Crippen LogP contribution in [-0.4, -0.2) is 10.9 Å². The Bertz CT molecular complexity index is 613. The van der Waals surface area contributed by atoms with Gasteiger partial charge in [0.25, 0.3) is 5.91 Å². The fourth-order valence-corrected chi connectivity index (χ4v) is 1.71. The first-order chi connectivity index (χ1) is 9.08. The lowest BCUT2D eigenvalue weighted by molar-refractivity contribution is 0.0951. The van der Waals surface area contributed by atoms with Crippen LogP contribution in [0.1, 0.15) is 21.5 Å². The predicted molar refractivity (Wildman–Crippen MR) is 71.0 cm³/mol. The topological polar surface area (TPSA) is 68.0 Å². The number of rotatable bonds is 3. The van der Waals surface area contributed by atoms with Crippen LogP contribution in [0, 0.1) is 12.7 Å². The SMILES string of the molecule is Cc1ccccc1CNC(=O)c1cc(F)cnc1N. The normalized spacial score (nSPS) is 10.2. The molecule has 1 amide bonds. The lowest BCUT2D eigenvalue weighted by atomic mass is 10.1. The first-order valence-corrected chi connectivity index (χ1v) is 5.81. The molecule has 19 heavy (non-hydrogen) atoms. The van der Waals surface area contributed by atoms with E-state index in [9.17, 15) is 9.18 Å². The summed E-state index contributed by atoms with van der Waals surface area (Å²) >= 11 is 0. The summed E-state index contributed by atoms with van der Waals surface area (Å²) in [7, 11) is 0. The third-order valence-electron chi connectivity index (χ3n) is 2.83. The highest BCUT2D eigenvalue weighted by Crippen LogP contribution is 2.11. The summed E-state index contributed by atoms with van der Waals surface area (Å²) in [5.41, 5.74) is 7.68. The van der Waals surface area contributed by atoms with Crippen molar-refractivity contribution in [2.24, 2.45) is 0 Å². The number of nitrogens with zero attached hydrogens (tertiary/aromatic N) is 1. The van der Waals surface area contributed by atoms with Crippen molar-refractivity contribution in [3.63, 3.8) is 0 Å². The molecule has 0 saturated carbocycles. The van der Waals surface area contributed by atoms with Crippen LogP contribution in [0.5, 0.6) is 0 Å². The van der Waals surface area contributed by atoms with E-state index in [4.69, 9.17) is 5.73 Å². The summed E-state index contributed by atoms with van der Waals surface area (Å²) in [5, 5.41) is 2.70. The van der Waals surface area contributed by atoms with Crippen LogP contribution in [-0.2, 0) is 6.54 Å². The van der Waals surface area contributed by atoms with Gasteiger partial charge in [-0.3, -0.25) is 4.79 Å². The van der Waals surface area contributed by atoms with Crippen molar-refractivity contribution in [1.29, 1.82) is 0 Å². The Hall–Kier alpha value is -2.43. The Kier molecular flexibility index (Phi) is 3.75. The van der Waals surface area contributed by atoms with E-state index >= 15 is 0 Å². The van der Waals surface area contributed by atoms with E-state index in [2.05, 4.69) is 10.3 Å². The maximum absolute atomic E-state index is 13.0. The highest BCUT2D eigenvalue weighted by atomic mass is 19.1. The summed E-state index contributed by atoms with van der Waals surface area (Å²) in [6.45, 7) is 2.32. The minimum absolute atomic E-state index is 0.0173. The lowest BCUT2D eigenvalue weighted by Crippen LogP contribution is -2.24.